The average molecular weight is 450 g/mol. The number of hydrogen-bond donors (Lipinski definition) is 0. The van der Waals surface area contributed by atoms with Gasteiger partial charge >= 0.3 is 0 Å². The molecule has 0 saturated carbocycles. The van der Waals surface area contributed by atoms with Gasteiger partial charge in [-0.3, -0.25) is 14.5 Å². The second-order valence-corrected chi connectivity index (χ2v) is 9.97. The van der Waals surface area contributed by atoms with Crippen LogP contribution in [0.2, 0.25) is 0 Å². The van der Waals surface area contributed by atoms with Gasteiger partial charge in [0.25, 0.3) is 5.91 Å². The lowest BCUT2D eigenvalue weighted by Crippen LogP contribution is -2.49. The Hall–Kier alpha value is -2.07. The summed E-state index contributed by atoms with van der Waals surface area (Å²) in [6.07, 6.45) is 0. The van der Waals surface area contributed by atoms with Crippen molar-refractivity contribution >= 4 is 33.1 Å². The molecule has 7 nitrogen and oxygen atoms in total. The van der Waals surface area contributed by atoms with Crippen molar-refractivity contribution in [2.75, 3.05) is 45.8 Å². The molecule has 1 aliphatic heterocycles. The van der Waals surface area contributed by atoms with E-state index in [2.05, 4.69) is 4.90 Å². The summed E-state index contributed by atoms with van der Waals surface area (Å²) in [5, 5.41) is 1.89. The fraction of sp³-hybridized carbons (Fsp3) is 0.429. The third-order valence-corrected chi connectivity index (χ3v) is 8.24. The topological polar surface area (TPSA) is 78.0 Å². The number of hydrogen-bond acceptors (Lipinski definition) is 6. The molecule has 0 unspecified atom stereocenters. The van der Waals surface area contributed by atoms with Crippen LogP contribution in [0.25, 0.3) is 0 Å². The summed E-state index contributed by atoms with van der Waals surface area (Å²) in [6.45, 7) is 7.11. The van der Waals surface area contributed by atoms with Crippen molar-refractivity contribution in [2.45, 2.75) is 18.7 Å². The van der Waals surface area contributed by atoms with Crippen LogP contribution in [0.5, 0.6) is 0 Å². The highest BCUT2D eigenvalue weighted by Gasteiger charge is 2.25. The number of piperazine rings is 1. The van der Waals surface area contributed by atoms with E-state index in [-0.39, 0.29) is 16.6 Å². The molecular weight excluding hydrogens is 422 g/mol. The number of nitrogens with zero attached hydrogens (tertiary/aromatic N) is 3. The van der Waals surface area contributed by atoms with Crippen molar-refractivity contribution in [1.82, 2.24) is 14.1 Å². The van der Waals surface area contributed by atoms with Gasteiger partial charge in [-0.15, -0.1) is 11.3 Å². The lowest BCUT2D eigenvalue weighted by molar-refractivity contribution is 0.0625. The fourth-order valence-corrected chi connectivity index (χ4v) is 5.61. The van der Waals surface area contributed by atoms with Crippen LogP contribution < -0.4 is 0 Å². The summed E-state index contributed by atoms with van der Waals surface area (Å²) in [5.74, 6) is -0.0132. The van der Waals surface area contributed by atoms with Crippen LogP contribution in [0.15, 0.2) is 46.7 Å². The maximum atomic E-state index is 12.8. The number of benzene rings is 1. The van der Waals surface area contributed by atoms with Crippen molar-refractivity contribution in [3.63, 3.8) is 0 Å². The number of Topliss-reactive ketones (excluding diaryl/α,β-unsaturated/α-hetero) is 1. The highest BCUT2D eigenvalue weighted by molar-refractivity contribution is 7.89. The standard InChI is InChI=1S/C21H27N3O4S2/c1-3-24(4-2)30(27,28)18-9-7-17(8-10-18)21(26)23-13-11-22(12-14-23)16-19(25)20-6-5-15-29-20/h5-10,15H,3-4,11-14,16H2,1-2H3. The molecular formula is C21H27N3O4S2. The van der Waals surface area contributed by atoms with Gasteiger partial charge in [0.05, 0.1) is 16.3 Å². The van der Waals surface area contributed by atoms with Gasteiger partial charge in [-0.1, -0.05) is 19.9 Å². The minimum Gasteiger partial charge on any atom is -0.336 e. The summed E-state index contributed by atoms with van der Waals surface area (Å²) < 4.78 is 26.6. The molecule has 1 amide bonds. The molecule has 30 heavy (non-hydrogen) atoms. The molecule has 162 valence electrons. The molecule has 2 aromatic rings. The SMILES string of the molecule is CCN(CC)S(=O)(=O)c1ccc(C(=O)N2CCN(CC(=O)c3cccs3)CC2)cc1. The van der Waals surface area contributed by atoms with Crippen LogP contribution in [0.1, 0.15) is 33.9 Å². The second-order valence-electron chi connectivity index (χ2n) is 7.08. The van der Waals surface area contributed by atoms with Crippen LogP contribution in [0.3, 0.4) is 0 Å². The van der Waals surface area contributed by atoms with E-state index in [4.69, 9.17) is 0 Å². The Bertz CT molecular complexity index is 960. The van der Waals surface area contributed by atoms with E-state index in [1.807, 2.05) is 17.5 Å². The zero-order valence-corrected chi connectivity index (χ0v) is 18.9. The summed E-state index contributed by atoms with van der Waals surface area (Å²) >= 11 is 1.44. The minimum atomic E-state index is -3.54. The van der Waals surface area contributed by atoms with Gasteiger partial charge in [0, 0.05) is 44.8 Å². The zero-order chi connectivity index (χ0) is 21.7. The quantitative estimate of drug-likeness (QED) is 0.579. The molecule has 1 fully saturated rings. The molecule has 1 aromatic heterocycles. The van der Waals surface area contributed by atoms with Crippen LogP contribution in [-0.4, -0.2) is 80.0 Å². The van der Waals surface area contributed by atoms with Gasteiger partial charge < -0.3 is 4.90 Å². The molecule has 1 saturated heterocycles. The predicted molar refractivity (Wildman–Crippen MR) is 118 cm³/mol. The van der Waals surface area contributed by atoms with Gasteiger partial charge in [-0.25, -0.2) is 8.42 Å². The molecule has 0 atom stereocenters. The maximum absolute atomic E-state index is 12.8. The highest BCUT2D eigenvalue weighted by atomic mass is 32.2. The van der Waals surface area contributed by atoms with Crippen LogP contribution in [0, 0.1) is 0 Å². The Morgan fingerprint density at radius 3 is 2.17 bits per heavy atom. The summed E-state index contributed by atoms with van der Waals surface area (Å²) in [6, 6.07) is 9.84. The first kappa shape index (κ1) is 22.6. The molecule has 3 rings (SSSR count). The van der Waals surface area contributed by atoms with Crippen LogP contribution in [0.4, 0.5) is 0 Å². The van der Waals surface area contributed by atoms with Gasteiger partial charge in [0.15, 0.2) is 5.78 Å². The predicted octanol–water partition coefficient (Wildman–Crippen LogP) is 2.42. The first-order valence-electron chi connectivity index (χ1n) is 10.0. The van der Waals surface area contributed by atoms with E-state index in [0.717, 1.165) is 4.88 Å². The van der Waals surface area contributed by atoms with Crippen molar-refractivity contribution in [2.24, 2.45) is 0 Å². The van der Waals surface area contributed by atoms with Crippen molar-refractivity contribution in [3.8, 4) is 0 Å². The van der Waals surface area contributed by atoms with E-state index in [0.29, 0.717) is 51.4 Å². The summed E-state index contributed by atoms with van der Waals surface area (Å²) in [7, 11) is -3.54. The van der Waals surface area contributed by atoms with Crippen LogP contribution in [-0.2, 0) is 10.0 Å². The van der Waals surface area contributed by atoms with E-state index in [1.54, 1.807) is 30.9 Å². The molecule has 9 heteroatoms. The summed E-state index contributed by atoms with van der Waals surface area (Å²) in [4.78, 5) is 29.8. The molecule has 0 bridgehead atoms. The monoisotopic (exact) mass is 449 g/mol. The second kappa shape index (κ2) is 9.82. The zero-order valence-electron chi connectivity index (χ0n) is 17.3. The molecule has 0 aliphatic carbocycles. The normalized spacial score (nSPS) is 15.5. The Morgan fingerprint density at radius 1 is 1.00 bits per heavy atom. The van der Waals surface area contributed by atoms with E-state index in [9.17, 15) is 18.0 Å². The van der Waals surface area contributed by atoms with Crippen molar-refractivity contribution in [1.29, 1.82) is 0 Å². The van der Waals surface area contributed by atoms with E-state index < -0.39 is 10.0 Å². The number of thiophene rings is 1. The first-order chi connectivity index (χ1) is 14.4. The third kappa shape index (κ3) is 4.97. The number of ketones is 1. The first-order valence-corrected chi connectivity index (χ1v) is 12.4. The lowest BCUT2D eigenvalue weighted by Gasteiger charge is -2.34. The number of carbonyl (C=O) groups is 2. The molecule has 1 aliphatic rings. The lowest BCUT2D eigenvalue weighted by atomic mass is 10.1. The molecule has 0 spiro atoms. The smallest absolute Gasteiger partial charge is 0.253 e. The average Bonchev–Trinajstić information content (AvgIpc) is 3.30. The Morgan fingerprint density at radius 2 is 1.63 bits per heavy atom. The number of amides is 1. The van der Waals surface area contributed by atoms with Gasteiger partial charge in [-0.2, -0.15) is 4.31 Å². The fourth-order valence-electron chi connectivity index (χ4n) is 3.49. The minimum absolute atomic E-state index is 0.106. The number of rotatable bonds is 8. The van der Waals surface area contributed by atoms with Crippen molar-refractivity contribution in [3.05, 3.63) is 52.2 Å². The number of sulfonamides is 1. The maximum Gasteiger partial charge on any atom is 0.253 e. The highest BCUT2D eigenvalue weighted by Crippen LogP contribution is 2.18. The molecule has 0 N–H and O–H groups in total. The van der Waals surface area contributed by atoms with Gasteiger partial charge in [-0.05, 0) is 35.7 Å². The van der Waals surface area contributed by atoms with Gasteiger partial charge in [0.2, 0.25) is 10.0 Å². The number of carbonyl (C=O) groups excluding carboxylic acids is 2. The largest absolute Gasteiger partial charge is 0.336 e. The Balaban J connectivity index is 1.58. The third-order valence-electron chi connectivity index (χ3n) is 5.27. The Labute approximate surface area is 182 Å². The van der Waals surface area contributed by atoms with Gasteiger partial charge in [0.1, 0.15) is 0 Å². The van der Waals surface area contributed by atoms with Crippen LogP contribution >= 0.6 is 11.3 Å². The van der Waals surface area contributed by atoms with E-state index >= 15 is 0 Å². The molecule has 1 aromatic carbocycles. The molecule has 2 heterocycles. The summed E-state index contributed by atoms with van der Waals surface area (Å²) in [5.41, 5.74) is 0.469. The molecule has 0 radical (unpaired) electrons. The van der Waals surface area contributed by atoms with E-state index in [1.165, 1.54) is 27.8 Å². The van der Waals surface area contributed by atoms with Crippen molar-refractivity contribution < 1.29 is 18.0 Å². The Kier molecular flexibility index (Phi) is 7.41.